The second kappa shape index (κ2) is 4.61. The monoisotopic (exact) mass is 246 g/mol. The number of ether oxygens (including phenoxy) is 1. The first-order valence-corrected chi connectivity index (χ1v) is 6.52. The lowest BCUT2D eigenvalue weighted by molar-refractivity contribution is 0.0935. The van der Waals surface area contributed by atoms with E-state index in [1.165, 1.54) is 0 Å². The van der Waals surface area contributed by atoms with E-state index >= 15 is 0 Å². The second-order valence-corrected chi connectivity index (χ2v) is 5.23. The smallest absolute Gasteiger partial charge is 0.251 e. The molecule has 4 nitrogen and oxygen atoms in total. The first-order chi connectivity index (χ1) is 8.72. The molecule has 0 bridgehead atoms. The Morgan fingerprint density at radius 1 is 1.44 bits per heavy atom. The van der Waals surface area contributed by atoms with Crippen molar-refractivity contribution >= 4 is 5.91 Å². The molecule has 1 heterocycles. The maximum Gasteiger partial charge on any atom is 0.251 e. The molecule has 0 aromatic heterocycles. The highest BCUT2D eigenvalue weighted by Crippen LogP contribution is 2.26. The number of benzene rings is 1. The summed E-state index contributed by atoms with van der Waals surface area (Å²) in [6.45, 7) is 1.46. The number of carbonyl (C=O) groups excluding carboxylic acids is 1. The van der Waals surface area contributed by atoms with E-state index in [0.717, 1.165) is 49.3 Å². The molecule has 3 rings (SSSR count). The van der Waals surface area contributed by atoms with Crippen LogP contribution in [0, 0.1) is 5.92 Å². The number of hydrogen-bond acceptors (Lipinski definition) is 3. The Bertz CT molecular complexity index is 467. The van der Waals surface area contributed by atoms with Crippen molar-refractivity contribution in [2.75, 3.05) is 13.2 Å². The molecule has 1 fully saturated rings. The predicted molar refractivity (Wildman–Crippen MR) is 68.7 cm³/mol. The average Bonchev–Trinajstić information content (AvgIpc) is 2.79. The fraction of sp³-hybridized carbons (Fsp3) is 0.500. The van der Waals surface area contributed by atoms with E-state index in [1.54, 1.807) is 0 Å². The average molecular weight is 246 g/mol. The van der Waals surface area contributed by atoms with Crippen LogP contribution in [0.15, 0.2) is 18.2 Å². The lowest BCUT2D eigenvalue weighted by Crippen LogP contribution is -2.42. The molecule has 1 aromatic rings. The lowest BCUT2D eigenvalue weighted by atomic mass is 9.81. The van der Waals surface area contributed by atoms with E-state index in [9.17, 15) is 4.79 Å². The van der Waals surface area contributed by atoms with Crippen LogP contribution in [0.1, 0.15) is 28.8 Å². The Morgan fingerprint density at radius 3 is 3.06 bits per heavy atom. The molecule has 1 aliphatic carbocycles. The Labute approximate surface area is 107 Å². The number of nitrogens with one attached hydrogen (secondary N) is 1. The van der Waals surface area contributed by atoms with Crippen molar-refractivity contribution in [1.29, 1.82) is 0 Å². The predicted octanol–water partition coefficient (Wildman–Crippen LogP) is 1.09. The SMILES string of the molecule is NC1CC(CNC(=O)c2ccc3c(c2)CCO3)C1. The van der Waals surface area contributed by atoms with Crippen LogP contribution in [0.4, 0.5) is 0 Å². The van der Waals surface area contributed by atoms with E-state index in [4.69, 9.17) is 10.5 Å². The molecule has 0 radical (unpaired) electrons. The van der Waals surface area contributed by atoms with Crippen LogP contribution in [0.2, 0.25) is 0 Å². The van der Waals surface area contributed by atoms with Gasteiger partial charge in [-0.25, -0.2) is 0 Å². The highest BCUT2D eigenvalue weighted by molar-refractivity contribution is 5.94. The van der Waals surface area contributed by atoms with Crippen molar-refractivity contribution in [3.8, 4) is 5.75 Å². The van der Waals surface area contributed by atoms with Gasteiger partial charge in [-0.05, 0) is 42.5 Å². The van der Waals surface area contributed by atoms with E-state index in [-0.39, 0.29) is 5.91 Å². The Morgan fingerprint density at radius 2 is 2.28 bits per heavy atom. The minimum atomic E-state index is 0.00479. The zero-order chi connectivity index (χ0) is 12.5. The van der Waals surface area contributed by atoms with Gasteiger partial charge in [0.05, 0.1) is 6.61 Å². The minimum Gasteiger partial charge on any atom is -0.493 e. The van der Waals surface area contributed by atoms with Gasteiger partial charge >= 0.3 is 0 Å². The molecule has 0 saturated heterocycles. The molecule has 1 aliphatic heterocycles. The van der Waals surface area contributed by atoms with Gasteiger partial charge in [-0.3, -0.25) is 4.79 Å². The van der Waals surface area contributed by atoms with E-state index in [2.05, 4.69) is 5.32 Å². The number of hydrogen-bond donors (Lipinski definition) is 2. The number of rotatable bonds is 3. The highest BCUT2D eigenvalue weighted by Gasteiger charge is 2.26. The van der Waals surface area contributed by atoms with Crippen LogP contribution in [0.25, 0.3) is 0 Å². The van der Waals surface area contributed by atoms with Gasteiger partial charge in [-0.2, -0.15) is 0 Å². The molecule has 0 atom stereocenters. The summed E-state index contributed by atoms with van der Waals surface area (Å²) >= 11 is 0. The van der Waals surface area contributed by atoms with Crippen LogP contribution in [0.3, 0.4) is 0 Å². The van der Waals surface area contributed by atoms with E-state index in [1.807, 2.05) is 18.2 Å². The van der Waals surface area contributed by atoms with Crippen LogP contribution < -0.4 is 15.8 Å². The summed E-state index contributed by atoms with van der Waals surface area (Å²) in [5.41, 5.74) is 7.58. The molecule has 1 amide bonds. The Balaban J connectivity index is 1.58. The van der Waals surface area contributed by atoms with Gasteiger partial charge in [0.1, 0.15) is 5.75 Å². The zero-order valence-electron chi connectivity index (χ0n) is 10.3. The molecule has 0 unspecified atom stereocenters. The van der Waals surface area contributed by atoms with Gasteiger partial charge in [0.25, 0.3) is 5.91 Å². The van der Waals surface area contributed by atoms with E-state index < -0.39 is 0 Å². The van der Waals surface area contributed by atoms with Gasteiger partial charge in [0.2, 0.25) is 0 Å². The molecule has 1 saturated carbocycles. The van der Waals surface area contributed by atoms with Gasteiger partial charge in [-0.1, -0.05) is 0 Å². The highest BCUT2D eigenvalue weighted by atomic mass is 16.5. The topological polar surface area (TPSA) is 64.3 Å². The quantitative estimate of drug-likeness (QED) is 0.839. The number of nitrogens with two attached hydrogens (primary N) is 1. The Kier molecular flexibility index (Phi) is 2.96. The number of carbonyl (C=O) groups is 1. The summed E-state index contributed by atoms with van der Waals surface area (Å²) in [5.74, 6) is 1.48. The molecular weight excluding hydrogens is 228 g/mol. The summed E-state index contributed by atoms with van der Waals surface area (Å²) in [6.07, 6.45) is 2.95. The third kappa shape index (κ3) is 2.20. The summed E-state index contributed by atoms with van der Waals surface area (Å²) < 4.78 is 5.42. The maximum absolute atomic E-state index is 12.0. The Hall–Kier alpha value is -1.55. The van der Waals surface area contributed by atoms with Crippen molar-refractivity contribution in [2.24, 2.45) is 11.7 Å². The van der Waals surface area contributed by atoms with Crippen molar-refractivity contribution in [3.63, 3.8) is 0 Å². The number of amides is 1. The second-order valence-electron chi connectivity index (χ2n) is 5.23. The van der Waals surface area contributed by atoms with Gasteiger partial charge < -0.3 is 15.8 Å². The van der Waals surface area contributed by atoms with Crippen LogP contribution in [-0.4, -0.2) is 25.1 Å². The molecule has 2 aliphatic rings. The number of fused-ring (bicyclic) bond motifs is 1. The first-order valence-electron chi connectivity index (χ1n) is 6.52. The normalized spacial score (nSPS) is 24.9. The van der Waals surface area contributed by atoms with Crippen LogP contribution in [-0.2, 0) is 6.42 Å². The van der Waals surface area contributed by atoms with Gasteiger partial charge in [0, 0.05) is 24.6 Å². The molecular formula is C14H18N2O2. The standard InChI is InChI=1S/C14H18N2O2/c15-12-5-9(6-12)8-16-14(17)11-1-2-13-10(7-11)3-4-18-13/h1-2,7,9,12H,3-6,8,15H2,(H,16,17). The van der Waals surface area contributed by atoms with Crippen LogP contribution in [0.5, 0.6) is 5.75 Å². The molecule has 18 heavy (non-hydrogen) atoms. The van der Waals surface area contributed by atoms with E-state index in [0.29, 0.717) is 12.0 Å². The first kappa shape index (κ1) is 11.5. The maximum atomic E-state index is 12.0. The third-order valence-electron chi connectivity index (χ3n) is 3.78. The lowest BCUT2D eigenvalue weighted by Gasteiger charge is -2.32. The van der Waals surface area contributed by atoms with Crippen LogP contribution >= 0.6 is 0 Å². The van der Waals surface area contributed by atoms with Crippen molar-refractivity contribution < 1.29 is 9.53 Å². The fourth-order valence-electron chi connectivity index (χ4n) is 2.62. The van der Waals surface area contributed by atoms with Gasteiger partial charge in [0.15, 0.2) is 0 Å². The summed E-state index contributed by atoms with van der Waals surface area (Å²) in [6, 6.07) is 5.98. The molecule has 3 N–H and O–H groups in total. The third-order valence-corrected chi connectivity index (χ3v) is 3.78. The van der Waals surface area contributed by atoms with Crippen molar-refractivity contribution in [1.82, 2.24) is 5.32 Å². The fourth-order valence-corrected chi connectivity index (χ4v) is 2.62. The largest absolute Gasteiger partial charge is 0.493 e. The molecule has 4 heteroatoms. The van der Waals surface area contributed by atoms with Crippen molar-refractivity contribution in [3.05, 3.63) is 29.3 Å². The van der Waals surface area contributed by atoms with Gasteiger partial charge in [-0.15, -0.1) is 0 Å². The summed E-state index contributed by atoms with van der Waals surface area (Å²) in [7, 11) is 0. The summed E-state index contributed by atoms with van der Waals surface area (Å²) in [4.78, 5) is 12.0. The molecule has 96 valence electrons. The molecule has 0 spiro atoms. The van der Waals surface area contributed by atoms with Crippen molar-refractivity contribution in [2.45, 2.75) is 25.3 Å². The zero-order valence-corrected chi connectivity index (χ0v) is 10.3. The molecule has 1 aromatic carbocycles. The summed E-state index contributed by atoms with van der Waals surface area (Å²) in [5, 5.41) is 2.98. The minimum absolute atomic E-state index is 0.00479.